The van der Waals surface area contributed by atoms with Gasteiger partial charge in [-0.15, -0.1) is 0 Å². The minimum atomic E-state index is -4.09. The van der Waals surface area contributed by atoms with Crippen molar-refractivity contribution in [3.05, 3.63) is 94.5 Å². The number of amides is 2. The maximum absolute atomic E-state index is 14.2. The van der Waals surface area contributed by atoms with Gasteiger partial charge in [0.25, 0.3) is 10.0 Å². The third-order valence-corrected chi connectivity index (χ3v) is 10.2. The summed E-state index contributed by atoms with van der Waals surface area (Å²) in [6.07, 6.45) is 5.18. The molecule has 0 spiro atoms. The van der Waals surface area contributed by atoms with Crippen LogP contribution < -0.4 is 9.62 Å². The van der Waals surface area contributed by atoms with Crippen LogP contribution in [0.25, 0.3) is 0 Å². The van der Waals surface area contributed by atoms with Crippen LogP contribution in [-0.2, 0) is 26.2 Å². The number of nitrogens with one attached hydrogen (secondary N) is 1. The van der Waals surface area contributed by atoms with Crippen molar-refractivity contribution in [2.75, 3.05) is 10.8 Å². The first-order valence-corrected chi connectivity index (χ1v) is 16.2. The first-order chi connectivity index (χ1) is 20.0. The van der Waals surface area contributed by atoms with Crippen LogP contribution in [0.3, 0.4) is 0 Å². The highest BCUT2D eigenvalue weighted by molar-refractivity contribution is 7.92. The highest BCUT2D eigenvalue weighted by Gasteiger charge is 2.33. The van der Waals surface area contributed by atoms with Crippen molar-refractivity contribution < 1.29 is 18.0 Å². The van der Waals surface area contributed by atoms with Gasteiger partial charge < -0.3 is 10.2 Å². The van der Waals surface area contributed by atoms with Crippen LogP contribution in [0.15, 0.2) is 71.6 Å². The number of sulfonamides is 1. The lowest BCUT2D eigenvalue weighted by atomic mass is 9.95. The molecule has 1 aliphatic rings. The van der Waals surface area contributed by atoms with Crippen molar-refractivity contribution >= 4 is 27.5 Å². The predicted molar refractivity (Wildman–Crippen MR) is 168 cm³/mol. The number of aryl methyl sites for hydroxylation is 4. The Balaban J connectivity index is 1.70. The molecule has 7 nitrogen and oxygen atoms in total. The summed E-state index contributed by atoms with van der Waals surface area (Å²) >= 11 is 0. The second-order valence-corrected chi connectivity index (χ2v) is 13.4. The summed E-state index contributed by atoms with van der Waals surface area (Å²) in [5.74, 6) is -0.665. The Bertz CT molecular complexity index is 1510. The van der Waals surface area contributed by atoms with Crippen LogP contribution in [0.2, 0.25) is 0 Å². The van der Waals surface area contributed by atoms with Crippen molar-refractivity contribution in [3.8, 4) is 0 Å². The molecule has 0 heterocycles. The molecule has 1 fully saturated rings. The molecule has 8 heteroatoms. The molecule has 1 aliphatic carbocycles. The van der Waals surface area contributed by atoms with Gasteiger partial charge in [0.2, 0.25) is 11.8 Å². The zero-order valence-electron chi connectivity index (χ0n) is 25.4. The molecule has 4 rings (SSSR count). The fraction of sp³-hybridized carbons (Fsp3) is 0.412. The third kappa shape index (κ3) is 7.40. The van der Waals surface area contributed by atoms with Crippen molar-refractivity contribution in [2.45, 2.75) is 90.2 Å². The van der Waals surface area contributed by atoms with Crippen molar-refractivity contribution in [1.82, 2.24) is 10.2 Å². The molecular weight excluding hydrogens is 546 g/mol. The molecule has 0 saturated heterocycles. The maximum Gasteiger partial charge on any atom is 0.264 e. The molecule has 42 heavy (non-hydrogen) atoms. The largest absolute Gasteiger partial charge is 0.352 e. The van der Waals surface area contributed by atoms with Crippen molar-refractivity contribution in [3.63, 3.8) is 0 Å². The lowest BCUT2D eigenvalue weighted by Gasteiger charge is -2.33. The number of anilines is 1. The SMILES string of the molecule is Cc1ccc(S(=O)(=O)N(CC(=O)N(Cc2ccccc2C)[C@@H](C)C(=O)NC2CCCCC2)c2ccc(C)c(C)c2)cc1. The zero-order chi connectivity index (χ0) is 30.4. The van der Waals surface area contributed by atoms with Crippen LogP contribution in [0.4, 0.5) is 5.69 Å². The first kappa shape index (κ1) is 31.3. The molecule has 0 unspecified atom stereocenters. The highest BCUT2D eigenvalue weighted by atomic mass is 32.2. The monoisotopic (exact) mass is 589 g/mol. The highest BCUT2D eigenvalue weighted by Crippen LogP contribution is 2.27. The smallest absolute Gasteiger partial charge is 0.264 e. The number of rotatable bonds is 10. The van der Waals surface area contributed by atoms with Gasteiger partial charge in [0.15, 0.2) is 0 Å². The molecule has 224 valence electrons. The number of carbonyl (C=O) groups is 2. The second-order valence-electron chi connectivity index (χ2n) is 11.6. The number of benzene rings is 3. The fourth-order valence-electron chi connectivity index (χ4n) is 5.37. The molecule has 0 radical (unpaired) electrons. The molecule has 0 bridgehead atoms. The molecule has 2 amide bonds. The molecule has 0 aliphatic heterocycles. The Morgan fingerprint density at radius 1 is 0.857 bits per heavy atom. The number of hydrogen-bond donors (Lipinski definition) is 1. The lowest BCUT2D eigenvalue weighted by molar-refractivity contribution is -0.139. The van der Waals surface area contributed by atoms with Crippen LogP contribution >= 0.6 is 0 Å². The summed E-state index contributed by atoms with van der Waals surface area (Å²) in [5.41, 5.74) is 5.18. The number of nitrogens with zero attached hydrogens (tertiary/aromatic N) is 2. The van der Waals surface area contributed by atoms with Gasteiger partial charge in [-0.1, -0.05) is 67.3 Å². The standard InChI is InChI=1S/C34H43N3O4S/c1-24-15-19-32(20-16-24)42(40,41)37(31-18-17-25(2)27(4)21-31)23-33(38)36(22-29-12-10-9-11-26(29)3)28(5)34(39)35-30-13-7-6-8-14-30/h9-12,15-21,28,30H,6-8,13-14,22-23H2,1-5H3,(H,35,39)/t28-/m0/s1. The number of hydrogen-bond acceptors (Lipinski definition) is 4. The van der Waals surface area contributed by atoms with E-state index in [4.69, 9.17) is 0 Å². The first-order valence-electron chi connectivity index (χ1n) is 14.8. The van der Waals surface area contributed by atoms with Crippen molar-refractivity contribution in [1.29, 1.82) is 0 Å². The summed E-state index contributed by atoms with van der Waals surface area (Å²) in [4.78, 5) is 29.3. The second kappa shape index (κ2) is 13.6. The normalized spacial score (nSPS) is 14.7. The topological polar surface area (TPSA) is 86.8 Å². The Hall–Kier alpha value is -3.65. The molecule has 1 atom stereocenters. The average Bonchev–Trinajstić information content (AvgIpc) is 2.97. The summed E-state index contributed by atoms with van der Waals surface area (Å²) in [7, 11) is -4.09. The Kier molecular flexibility index (Phi) is 10.1. The predicted octanol–water partition coefficient (Wildman–Crippen LogP) is 5.98. The van der Waals surface area contributed by atoms with Gasteiger partial charge in [-0.3, -0.25) is 13.9 Å². The van der Waals surface area contributed by atoms with E-state index in [1.54, 1.807) is 43.3 Å². The van der Waals surface area contributed by atoms with Gasteiger partial charge >= 0.3 is 0 Å². The lowest BCUT2D eigenvalue weighted by Crippen LogP contribution is -2.53. The average molecular weight is 590 g/mol. The fourth-order valence-corrected chi connectivity index (χ4v) is 6.78. The summed E-state index contributed by atoms with van der Waals surface area (Å²) in [6.45, 7) is 9.21. The van der Waals surface area contributed by atoms with E-state index >= 15 is 0 Å². The van der Waals surface area contributed by atoms with E-state index in [9.17, 15) is 18.0 Å². The molecule has 3 aromatic rings. The Labute approximate surface area is 251 Å². The van der Waals surface area contributed by atoms with Gasteiger partial charge in [-0.05, 0) is 94.0 Å². The minimum absolute atomic E-state index is 0.0954. The van der Waals surface area contributed by atoms with E-state index in [1.165, 1.54) is 15.6 Å². The van der Waals surface area contributed by atoms with Gasteiger partial charge in [0.1, 0.15) is 12.6 Å². The molecule has 3 aromatic carbocycles. The zero-order valence-corrected chi connectivity index (χ0v) is 26.2. The van der Waals surface area contributed by atoms with Gasteiger partial charge in [0, 0.05) is 12.6 Å². The maximum atomic E-state index is 14.2. The summed E-state index contributed by atoms with van der Waals surface area (Å²) < 4.78 is 29.3. The quantitative estimate of drug-likeness (QED) is 0.315. The van der Waals surface area contributed by atoms with E-state index in [0.717, 1.165) is 53.5 Å². The van der Waals surface area contributed by atoms with Crippen LogP contribution in [0, 0.1) is 27.7 Å². The molecular formula is C34H43N3O4S. The van der Waals surface area contributed by atoms with Gasteiger partial charge in [-0.2, -0.15) is 0 Å². The van der Waals surface area contributed by atoms with Crippen molar-refractivity contribution in [2.24, 2.45) is 0 Å². The number of carbonyl (C=O) groups excluding carboxylic acids is 2. The Morgan fingerprint density at radius 3 is 2.17 bits per heavy atom. The van der Waals surface area contributed by atoms with E-state index < -0.39 is 28.5 Å². The Morgan fingerprint density at radius 2 is 1.52 bits per heavy atom. The van der Waals surface area contributed by atoms with Crippen LogP contribution in [0.1, 0.15) is 66.8 Å². The molecule has 1 N–H and O–H groups in total. The van der Waals surface area contributed by atoms with E-state index in [2.05, 4.69) is 5.32 Å². The van der Waals surface area contributed by atoms with E-state index in [1.807, 2.05) is 58.0 Å². The van der Waals surface area contributed by atoms with Gasteiger partial charge in [-0.25, -0.2) is 8.42 Å². The molecule has 0 aromatic heterocycles. The van der Waals surface area contributed by atoms with Crippen LogP contribution in [0.5, 0.6) is 0 Å². The third-order valence-electron chi connectivity index (χ3n) is 8.39. The van der Waals surface area contributed by atoms with E-state index in [0.29, 0.717) is 5.69 Å². The van der Waals surface area contributed by atoms with Gasteiger partial charge in [0.05, 0.1) is 10.6 Å². The summed E-state index contributed by atoms with van der Waals surface area (Å²) in [6, 6.07) is 19.0. The summed E-state index contributed by atoms with van der Waals surface area (Å²) in [5, 5.41) is 3.15. The minimum Gasteiger partial charge on any atom is -0.352 e. The van der Waals surface area contributed by atoms with E-state index in [-0.39, 0.29) is 23.4 Å². The molecule has 1 saturated carbocycles. The van der Waals surface area contributed by atoms with Crippen LogP contribution in [-0.4, -0.2) is 43.8 Å².